The number of unbranched alkanes of at least 4 members (excludes halogenated alkanes) is 1. The van der Waals surface area contributed by atoms with Crippen LogP contribution in [-0.4, -0.2) is 23.1 Å². The Morgan fingerprint density at radius 1 is 1.25 bits per heavy atom. The number of anilines is 1. The first-order valence-corrected chi connectivity index (χ1v) is 5.98. The van der Waals surface area contributed by atoms with Crippen molar-refractivity contribution in [3.8, 4) is 5.88 Å². The molecule has 1 aromatic rings. The Morgan fingerprint density at radius 2 is 2.06 bits per heavy atom. The van der Waals surface area contributed by atoms with E-state index in [4.69, 9.17) is 4.74 Å². The highest BCUT2D eigenvalue weighted by Crippen LogP contribution is 2.13. The van der Waals surface area contributed by atoms with Crippen molar-refractivity contribution in [1.82, 2.24) is 9.97 Å². The van der Waals surface area contributed by atoms with Crippen LogP contribution in [0.4, 0.5) is 5.82 Å². The fourth-order valence-electron chi connectivity index (χ4n) is 1.28. The van der Waals surface area contributed by atoms with E-state index >= 15 is 0 Å². The van der Waals surface area contributed by atoms with Gasteiger partial charge in [0.15, 0.2) is 0 Å². The minimum Gasteiger partial charge on any atom is -0.478 e. The second-order valence-corrected chi connectivity index (χ2v) is 3.77. The molecule has 1 rings (SSSR count). The van der Waals surface area contributed by atoms with E-state index in [-0.39, 0.29) is 0 Å². The molecular weight excluding hydrogens is 202 g/mol. The van der Waals surface area contributed by atoms with Crippen LogP contribution >= 0.6 is 0 Å². The van der Waals surface area contributed by atoms with Gasteiger partial charge in [-0.05, 0) is 19.8 Å². The van der Waals surface area contributed by atoms with Crippen LogP contribution in [0.5, 0.6) is 5.88 Å². The van der Waals surface area contributed by atoms with Crippen molar-refractivity contribution in [2.45, 2.75) is 40.0 Å². The molecule has 1 aromatic heterocycles. The number of rotatable bonds is 7. The molecule has 0 spiro atoms. The molecule has 90 valence electrons. The van der Waals surface area contributed by atoms with E-state index in [0.717, 1.165) is 44.1 Å². The average Bonchev–Trinajstić information content (AvgIpc) is 2.26. The summed E-state index contributed by atoms with van der Waals surface area (Å²) in [4.78, 5) is 8.54. The van der Waals surface area contributed by atoms with Crippen LogP contribution in [0, 0.1) is 6.92 Å². The predicted octanol–water partition coefficient (Wildman–Crippen LogP) is 2.79. The zero-order chi connectivity index (χ0) is 11.8. The van der Waals surface area contributed by atoms with Crippen molar-refractivity contribution >= 4 is 5.82 Å². The molecule has 0 saturated carbocycles. The molecule has 0 aliphatic rings. The van der Waals surface area contributed by atoms with E-state index < -0.39 is 0 Å². The molecule has 4 heteroatoms. The topological polar surface area (TPSA) is 47.0 Å². The van der Waals surface area contributed by atoms with Gasteiger partial charge in [-0.2, -0.15) is 4.98 Å². The highest BCUT2D eigenvalue weighted by atomic mass is 16.5. The number of aryl methyl sites for hydroxylation is 1. The summed E-state index contributed by atoms with van der Waals surface area (Å²) in [7, 11) is 0. The predicted molar refractivity (Wildman–Crippen MR) is 66.0 cm³/mol. The summed E-state index contributed by atoms with van der Waals surface area (Å²) in [5, 5.41) is 3.23. The molecule has 0 atom stereocenters. The van der Waals surface area contributed by atoms with Crippen LogP contribution in [-0.2, 0) is 0 Å². The third kappa shape index (κ3) is 4.47. The van der Waals surface area contributed by atoms with E-state index in [1.54, 1.807) is 0 Å². The van der Waals surface area contributed by atoms with Crippen LogP contribution in [0.25, 0.3) is 0 Å². The number of nitrogens with one attached hydrogen (secondary N) is 1. The Morgan fingerprint density at radius 3 is 2.75 bits per heavy atom. The maximum absolute atomic E-state index is 5.56. The summed E-state index contributed by atoms with van der Waals surface area (Å²) in [5.74, 6) is 2.26. The van der Waals surface area contributed by atoms with Gasteiger partial charge >= 0.3 is 0 Å². The van der Waals surface area contributed by atoms with Crippen LogP contribution in [0.1, 0.15) is 38.9 Å². The zero-order valence-electron chi connectivity index (χ0n) is 10.4. The van der Waals surface area contributed by atoms with Crippen LogP contribution in [0.15, 0.2) is 6.07 Å². The van der Waals surface area contributed by atoms with E-state index in [9.17, 15) is 0 Å². The fourth-order valence-corrected chi connectivity index (χ4v) is 1.28. The van der Waals surface area contributed by atoms with E-state index in [1.807, 2.05) is 13.0 Å². The smallest absolute Gasteiger partial charge is 0.218 e. The first kappa shape index (κ1) is 12.7. The minimum atomic E-state index is 0.666. The van der Waals surface area contributed by atoms with E-state index in [1.165, 1.54) is 0 Å². The summed E-state index contributed by atoms with van der Waals surface area (Å²) in [6.45, 7) is 7.79. The summed E-state index contributed by atoms with van der Waals surface area (Å²) in [5.41, 5.74) is 0. The molecule has 1 heterocycles. The van der Waals surface area contributed by atoms with E-state index in [0.29, 0.717) is 5.88 Å². The van der Waals surface area contributed by atoms with Crippen molar-refractivity contribution in [1.29, 1.82) is 0 Å². The van der Waals surface area contributed by atoms with Gasteiger partial charge in [0.05, 0.1) is 6.61 Å². The molecule has 4 nitrogen and oxygen atoms in total. The van der Waals surface area contributed by atoms with Crippen molar-refractivity contribution in [2.75, 3.05) is 18.5 Å². The molecule has 0 aliphatic heterocycles. The molecule has 0 aromatic carbocycles. The molecule has 0 bridgehead atoms. The highest BCUT2D eigenvalue weighted by Gasteiger charge is 2.01. The lowest BCUT2D eigenvalue weighted by Crippen LogP contribution is -2.06. The van der Waals surface area contributed by atoms with Crippen molar-refractivity contribution in [3.05, 3.63) is 11.9 Å². The third-order valence-corrected chi connectivity index (χ3v) is 2.12. The zero-order valence-corrected chi connectivity index (χ0v) is 10.4. The Labute approximate surface area is 97.5 Å². The Kier molecular flexibility index (Phi) is 5.61. The molecule has 0 fully saturated rings. The number of ether oxygens (including phenoxy) is 1. The van der Waals surface area contributed by atoms with Crippen molar-refractivity contribution in [3.63, 3.8) is 0 Å². The highest BCUT2D eigenvalue weighted by molar-refractivity contribution is 5.38. The minimum absolute atomic E-state index is 0.666. The summed E-state index contributed by atoms with van der Waals surface area (Å²) < 4.78 is 5.56. The number of nitrogens with zero attached hydrogens (tertiary/aromatic N) is 2. The Hall–Kier alpha value is -1.32. The Balaban J connectivity index is 2.58. The second kappa shape index (κ2) is 7.04. The average molecular weight is 223 g/mol. The van der Waals surface area contributed by atoms with Gasteiger partial charge in [-0.1, -0.05) is 20.3 Å². The fraction of sp³-hybridized carbons (Fsp3) is 0.667. The lowest BCUT2D eigenvalue weighted by Gasteiger charge is -2.08. The molecule has 0 amide bonds. The number of hydrogen-bond donors (Lipinski definition) is 1. The van der Waals surface area contributed by atoms with Gasteiger partial charge in [0, 0.05) is 12.6 Å². The van der Waals surface area contributed by atoms with Gasteiger partial charge in [0.1, 0.15) is 11.6 Å². The summed E-state index contributed by atoms with van der Waals surface area (Å²) >= 11 is 0. The SMILES string of the molecule is CCCCOc1cc(NCCC)nc(C)n1. The van der Waals surface area contributed by atoms with E-state index in [2.05, 4.69) is 29.1 Å². The quantitative estimate of drug-likeness (QED) is 0.722. The lowest BCUT2D eigenvalue weighted by molar-refractivity contribution is 0.297. The van der Waals surface area contributed by atoms with Crippen molar-refractivity contribution < 1.29 is 4.74 Å². The molecule has 1 N–H and O–H groups in total. The molecule has 0 unspecified atom stereocenters. The first-order valence-electron chi connectivity index (χ1n) is 5.98. The molecular formula is C12H21N3O. The number of hydrogen-bond acceptors (Lipinski definition) is 4. The summed E-state index contributed by atoms with van der Waals surface area (Å²) in [6.07, 6.45) is 3.26. The second-order valence-electron chi connectivity index (χ2n) is 3.77. The molecule has 0 saturated heterocycles. The van der Waals surface area contributed by atoms with Gasteiger partial charge in [-0.15, -0.1) is 0 Å². The monoisotopic (exact) mass is 223 g/mol. The Bertz CT molecular complexity index is 315. The standard InChI is InChI=1S/C12H21N3O/c1-4-6-8-16-12-9-11(13-7-5-2)14-10(3)15-12/h9H,4-8H2,1-3H3,(H,13,14,15). The van der Waals surface area contributed by atoms with Gasteiger partial charge in [-0.25, -0.2) is 4.98 Å². The number of aromatic nitrogens is 2. The van der Waals surface area contributed by atoms with Gasteiger partial charge in [-0.3, -0.25) is 0 Å². The van der Waals surface area contributed by atoms with Gasteiger partial charge in [0.25, 0.3) is 0 Å². The van der Waals surface area contributed by atoms with Crippen LogP contribution in [0.3, 0.4) is 0 Å². The summed E-state index contributed by atoms with van der Waals surface area (Å²) in [6, 6.07) is 1.86. The van der Waals surface area contributed by atoms with Crippen LogP contribution in [0.2, 0.25) is 0 Å². The van der Waals surface area contributed by atoms with Gasteiger partial charge < -0.3 is 10.1 Å². The maximum atomic E-state index is 5.56. The normalized spacial score (nSPS) is 10.2. The lowest BCUT2D eigenvalue weighted by atomic mass is 10.4. The first-order chi connectivity index (χ1) is 7.76. The largest absolute Gasteiger partial charge is 0.478 e. The molecule has 16 heavy (non-hydrogen) atoms. The third-order valence-electron chi connectivity index (χ3n) is 2.12. The van der Waals surface area contributed by atoms with Gasteiger partial charge in [0.2, 0.25) is 5.88 Å². The maximum Gasteiger partial charge on any atom is 0.218 e. The van der Waals surface area contributed by atoms with Crippen LogP contribution < -0.4 is 10.1 Å². The molecule has 0 aliphatic carbocycles. The molecule has 0 radical (unpaired) electrons. The van der Waals surface area contributed by atoms with Crippen molar-refractivity contribution in [2.24, 2.45) is 0 Å².